The highest BCUT2D eigenvalue weighted by Crippen LogP contribution is 2.29. The molecule has 2 N–H and O–H groups in total. The lowest BCUT2D eigenvalue weighted by molar-refractivity contribution is -0.145. The largest absolute Gasteiger partial charge is 0.480 e. The fourth-order valence-electron chi connectivity index (χ4n) is 2.46. The van der Waals surface area contributed by atoms with Crippen molar-refractivity contribution in [1.82, 2.24) is 10.2 Å². The zero-order chi connectivity index (χ0) is 14.4. The molecule has 0 radical (unpaired) electrons. The molecule has 0 aromatic carbocycles. The fourth-order valence-corrected chi connectivity index (χ4v) is 2.46. The van der Waals surface area contributed by atoms with E-state index in [1.54, 1.807) is 0 Å². The van der Waals surface area contributed by atoms with Crippen molar-refractivity contribution in [3.05, 3.63) is 0 Å². The van der Waals surface area contributed by atoms with Crippen molar-refractivity contribution in [1.29, 1.82) is 0 Å². The van der Waals surface area contributed by atoms with Crippen molar-refractivity contribution in [2.24, 2.45) is 5.92 Å². The number of aliphatic carboxylic acids is 1. The minimum Gasteiger partial charge on any atom is -0.480 e. The summed E-state index contributed by atoms with van der Waals surface area (Å²) in [5.74, 6) is -0.546. The van der Waals surface area contributed by atoms with Gasteiger partial charge in [-0.2, -0.15) is 0 Å². The Kier molecular flexibility index (Phi) is 5.79. The third-order valence-electron chi connectivity index (χ3n) is 3.81. The van der Waals surface area contributed by atoms with Crippen LogP contribution in [0.3, 0.4) is 0 Å². The van der Waals surface area contributed by atoms with Gasteiger partial charge in [0.2, 0.25) is 5.91 Å². The van der Waals surface area contributed by atoms with Crippen LogP contribution in [0.4, 0.5) is 0 Å². The van der Waals surface area contributed by atoms with Gasteiger partial charge in [0.25, 0.3) is 0 Å². The summed E-state index contributed by atoms with van der Waals surface area (Å²) >= 11 is 0. The van der Waals surface area contributed by atoms with Crippen LogP contribution in [-0.4, -0.2) is 60.8 Å². The number of hydrogen-bond acceptors (Lipinski definition) is 4. The number of nitrogens with zero attached hydrogens (tertiary/aromatic N) is 1. The lowest BCUT2D eigenvalue weighted by Gasteiger charge is -2.24. The first-order valence-electron chi connectivity index (χ1n) is 7.47. The number of piperidine rings is 1. The molecule has 114 valence electrons. The highest BCUT2D eigenvalue weighted by molar-refractivity contribution is 5.81. The molecular weight excluding hydrogens is 260 g/mol. The highest BCUT2D eigenvalue weighted by Gasteiger charge is 2.27. The van der Waals surface area contributed by atoms with E-state index in [-0.39, 0.29) is 25.0 Å². The fraction of sp³-hybridized carbons (Fsp3) is 0.857. The van der Waals surface area contributed by atoms with Crippen LogP contribution in [0.5, 0.6) is 0 Å². The molecule has 1 aliphatic carbocycles. The van der Waals surface area contributed by atoms with Gasteiger partial charge < -0.3 is 20.1 Å². The van der Waals surface area contributed by atoms with Crippen LogP contribution in [0.1, 0.15) is 32.1 Å². The molecule has 2 fully saturated rings. The topological polar surface area (TPSA) is 78.9 Å². The number of carboxylic acids is 1. The third-order valence-corrected chi connectivity index (χ3v) is 3.81. The molecule has 0 bridgehead atoms. The Morgan fingerprint density at radius 2 is 1.90 bits per heavy atom. The predicted octanol–water partition coefficient (Wildman–Crippen LogP) is 0.468. The first-order valence-corrected chi connectivity index (χ1v) is 7.47. The summed E-state index contributed by atoms with van der Waals surface area (Å²) in [5.41, 5.74) is 0. The monoisotopic (exact) mass is 284 g/mol. The summed E-state index contributed by atoms with van der Waals surface area (Å²) < 4.78 is 5.69. The molecule has 0 spiro atoms. The standard InChI is InChI=1S/C14H24N2O4/c17-13(5-8-20-12-3-6-15-7-4-12)16(10-14(18)19)9-11-1-2-11/h11-12,15H,1-10H2,(H,18,19). The van der Waals surface area contributed by atoms with Crippen molar-refractivity contribution in [3.63, 3.8) is 0 Å². The van der Waals surface area contributed by atoms with Gasteiger partial charge in [-0.15, -0.1) is 0 Å². The third kappa shape index (κ3) is 5.46. The summed E-state index contributed by atoms with van der Waals surface area (Å²) in [6.45, 7) is 2.71. The van der Waals surface area contributed by atoms with E-state index in [9.17, 15) is 9.59 Å². The lowest BCUT2D eigenvalue weighted by Crippen LogP contribution is -2.38. The molecule has 1 heterocycles. The zero-order valence-corrected chi connectivity index (χ0v) is 11.8. The van der Waals surface area contributed by atoms with Crippen LogP contribution >= 0.6 is 0 Å². The van der Waals surface area contributed by atoms with E-state index < -0.39 is 5.97 Å². The first kappa shape index (κ1) is 15.3. The van der Waals surface area contributed by atoms with Crippen molar-refractivity contribution in [3.8, 4) is 0 Å². The van der Waals surface area contributed by atoms with Gasteiger partial charge in [-0.3, -0.25) is 9.59 Å². The smallest absolute Gasteiger partial charge is 0.323 e. The Hall–Kier alpha value is -1.14. The molecule has 0 aromatic heterocycles. The highest BCUT2D eigenvalue weighted by atomic mass is 16.5. The van der Waals surface area contributed by atoms with Crippen molar-refractivity contribution >= 4 is 11.9 Å². The maximum absolute atomic E-state index is 12.1. The molecule has 1 aliphatic heterocycles. The second-order valence-electron chi connectivity index (χ2n) is 5.68. The number of amides is 1. The van der Waals surface area contributed by atoms with E-state index in [0.717, 1.165) is 38.8 Å². The van der Waals surface area contributed by atoms with Gasteiger partial charge in [0.15, 0.2) is 0 Å². The van der Waals surface area contributed by atoms with E-state index in [1.807, 2.05) is 0 Å². The normalized spacial score (nSPS) is 19.8. The quantitative estimate of drug-likeness (QED) is 0.677. The minimum atomic E-state index is -0.946. The predicted molar refractivity (Wildman–Crippen MR) is 73.4 cm³/mol. The van der Waals surface area contributed by atoms with Crippen LogP contribution in [-0.2, 0) is 14.3 Å². The van der Waals surface area contributed by atoms with Crippen LogP contribution in [0.25, 0.3) is 0 Å². The number of carbonyl (C=O) groups is 2. The van der Waals surface area contributed by atoms with Gasteiger partial charge in [-0.05, 0) is 44.7 Å². The second kappa shape index (κ2) is 7.59. The van der Waals surface area contributed by atoms with E-state index >= 15 is 0 Å². The van der Waals surface area contributed by atoms with E-state index in [4.69, 9.17) is 9.84 Å². The summed E-state index contributed by atoms with van der Waals surface area (Å²) in [7, 11) is 0. The van der Waals surface area contributed by atoms with E-state index in [2.05, 4.69) is 5.32 Å². The molecule has 0 unspecified atom stereocenters. The Bertz CT molecular complexity index is 338. The Morgan fingerprint density at radius 1 is 1.20 bits per heavy atom. The van der Waals surface area contributed by atoms with Crippen molar-refractivity contribution in [2.75, 3.05) is 32.8 Å². The first-order chi connectivity index (χ1) is 9.65. The molecule has 1 saturated carbocycles. The molecule has 1 amide bonds. The van der Waals surface area contributed by atoms with E-state index in [1.165, 1.54) is 4.90 Å². The number of nitrogens with one attached hydrogen (secondary N) is 1. The van der Waals surface area contributed by atoms with Crippen LogP contribution in [0, 0.1) is 5.92 Å². The van der Waals surface area contributed by atoms with E-state index in [0.29, 0.717) is 19.1 Å². The average Bonchev–Trinajstić information content (AvgIpc) is 3.22. The molecular formula is C14H24N2O4. The van der Waals surface area contributed by atoms with Gasteiger partial charge in [0.05, 0.1) is 19.1 Å². The van der Waals surface area contributed by atoms with Gasteiger partial charge in [-0.25, -0.2) is 0 Å². The molecule has 1 saturated heterocycles. The van der Waals surface area contributed by atoms with Gasteiger partial charge in [-0.1, -0.05) is 0 Å². The maximum Gasteiger partial charge on any atom is 0.323 e. The van der Waals surface area contributed by atoms with Crippen LogP contribution < -0.4 is 5.32 Å². The molecule has 2 aliphatic rings. The van der Waals surface area contributed by atoms with Gasteiger partial charge in [0.1, 0.15) is 6.54 Å². The molecule has 6 nitrogen and oxygen atoms in total. The molecule has 6 heteroatoms. The second-order valence-corrected chi connectivity index (χ2v) is 5.68. The molecule has 0 aromatic rings. The SMILES string of the molecule is O=C(O)CN(CC1CC1)C(=O)CCOC1CCNCC1. The minimum absolute atomic E-state index is 0.103. The number of carboxylic acid groups (broad SMARTS) is 1. The average molecular weight is 284 g/mol. The Labute approximate surface area is 119 Å². The molecule has 20 heavy (non-hydrogen) atoms. The number of rotatable bonds is 8. The number of carbonyl (C=O) groups excluding carboxylic acids is 1. The van der Waals surface area contributed by atoms with Gasteiger partial charge in [0, 0.05) is 6.54 Å². The molecule has 0 atom stereocenters. The summed E-state index contributed by atoms with van der Waals surface area (Å²) in [4.78, 5) is 24.3. The Morgan fingerprint density at radius 3 is 2.50 bits per heavy atom. The van der Waals surface area contributed by atoms with Crippen LogP contribution in [0.15, 0.2) is 0 Å². The lowest BCUT2D eigenvalue weighted by atomic mass is 10.1. The molecule has 2 rings (SSSR count). The zero-order valence-electron chi connectivity index (χ0n) is 11.8. The van der Waals surface area contributed by atoms with Crippen LogP contribution in [0.2, 0.25) is 0 Å². The van der Waals surface area contributed by atoms with Crippen molar-refractivity contribution in [2.45, 2.75) is 38.2 Å². The number of hydrogen-bond donors (Lipinski definition) is 2. The van der Waals surface area contributed by atoms with Gasteiger partial charge >= 0.3 is 5.97 Å². The summed E-state index contributed by atoms with van der Waals surface area (Å²) in [6, 6.07) is 0. The maximum atomic E-state index is 12.1. The summed E-state index contributed by atoms with van der Waals surface area (Å²) in [6.07, 6.45) is 4.69. The number of ether oxygens (including phenoxy) is 1. The van der Waals surface area contributed by atoms with Crippen molar-refractivity contribution < 1.29 is 19.4 Å². The summed E-state index contributed by atoms with van der Waals surface area (Å²) in [5, 5.41) is 12.1. The Balaban J connectivity index is 1.68.